The number of nitrogens with zero attached hydrogens (tertiary/aromatic N) is 6. The fourth-order valence-corrected chi connectivity index (χ4v) is 6.60. The third-order valence-corrected chi connectivity index (χ3v) is 8.67. The number of anilines is 4. The Balaban J connectivity index is 1.41. The van der Waals surface area contributed by atoms with Crippen LogP contribution in [0.25, 0.3) is 10.8 Å². The van der Waals surface area contributed by atoms with Crippen molar-refractivity contribution in [3.63, 3.8) is 0 Å². The summed E-state index contributed by atoms with van der Waals surface area (Å²) >= 11 is 0. The zero-order valence-corrected chi connectivity index (χ0v) is 24.3. The number of sulfone groups is 1. The largest absolute Gasteiger partial charge is 0.386 e. The third kappa shape index (κ3) is 6.02. The lowest BCUT2D eigenvalue weighted by Crippen LogP contribution is -2.57. The summed E-state index contributed by atoms with van der Waals surface area (Å²) in [4.78, 5) is 22.2. The molecular weight excluding hydrogens is 533 g/mol. The van der Waals surface area contributed by atoms with Crippen LogP contribution in [0.1, 0.15) is 45.7 Å². The van der Waals surface area contributed by atoms with Crippen LogP contribution in [0.2, 0.25) is 0 Å². The minimum atomic E-state index is -3.05. The Morgan fingerprint density at radius 1 is 1.20 bits per heavy atom. The van der Waals surface area contributed by atoms with Gasteiger partial charge in [-0.15, -0.1) is 0 Å². The molecule has 0 amide bonds. The number of pyridine rings is 2. The van der Waals surface area contributed by atoms with Gasteiger partial charge in [0, 0.05) is 54.5 Å². The van der Waals surface area contributed by atoms with Crippen molar-refractivity contribution in [3.05, 3.63) is 48.3 Å². The number of halogens is 1. The molecule has 0 saturated carbocycles. The van der Waals surface area contributed by atoms with E-state index in [9.17, 15) is 17.9 Å². The highest BCUT2D eigenvalue weighted by atomic mass is 32.2. The quantitative estimate of drug-likeness (QED) is 0.432. The molecule has 214 valence electrons. The van der Waals surface area contributed by atoms with Crippen LogP contribution in [0.15, 0.2) is 42.6 Å². The van der Waals surface area contributed by atoms with Gasteiger partial charge >= 0.3 is 0 Å². The summed E-state index contributed by atoms with van der Waals surface area (Å²) in [6.45, 7) is 8.85. The molecule has 0 bridgehead atoms. The van der Waals surface area contributed by atoms with E-state index in [0.717, 1.165) is 22.2 Å². The zero-order valence-electron chi connectivity index (χ0n) is 23.5. The van der Waals surface area contributed by atoms with E-state index >= 15 is 0 Å². The molecule has 0 unspecified atom stereocenters. The lowest BCUT2D eigenvalue weighted by molar-refractivity contribution is 0.104. The van der Waals surface area contributed by atoms with Gasteiger partial charge < -0.3 is 20.2 Å². The van der Waals surface area contributed by atoms with Crippen LogP contribution in [0.3, 0.4) is 0 Å². The van der Waals surface area contributed by atoms with E-state index in [1.165, 1.54) is 12.3 Å². The van der Waals surface area contributed by atoms with Gasteiger partial charge in [-0.05, 0) is 44.4 Å². The number of nitrogens with one attached hydrogen (secondary N) is 1. The van der Waals surface area contributed by atoms with E-state index in [1.807, 2.05) is 25.4 Å². The Morgan fingerprint density at radius 3 is 2.67 bits per heavy atom. The van der Waals surface area contributed by atoms with Gasteiger partial charge in [0.2, 0.25) is 5.95 Å². The molecule has 0 spiro atoms. The van der Waals surface area contributed by atoms with Crippen LogP contribution in [0, 0.1) is 5.92 Å². The second kappa shape index (κ2) is 10.5. The molecule has 3 aromatic rings. The van der Waals surface area contributed by atoms with Crippen LogP contribution in [0.4, 0.5) is 27.7 Å². The summed E-state index contributed by atoms with van der Waals surface area (Å²) in [6, 6.07) is 3.74. The SMILES string of the molecule is CC(C)c1ncc(N2C[C@H](CS(C)(=O)=O)[C@H]2C)c2cnc(Nc3ccnc(N4CC[C@](C)(O)C=C(F)C4)n3)cc12. The first kappa shape index (κ1) is 28.2. The summed E-state index contributed by atoms with van der Waals surface area (Å²) in [5.41, 5.74) is 0.659. The maximum atomic E-state index is 14.4. The standard InChI is InChI=1S/C28H36FN7O3S/c1-17(2)26-21-10-25(31-12-22(21)23(13-32-26)36-14-19(18(36)3)16-40(5,38)39)33-24-6-8-30-27(34-24)35-9-7-28(4,37)11-20(29)15-35/h6,8,10-13,17-19,37H,7,9,14-16H2,1-5H3,(H,30,31,33,34)/t18-,19-,28+/m1/s1. The number of aromatic nitrogens is 4. The van der Waals surface area contributed by atoms with Crippen LogP contribution in [0.5, 0.6) is 0 Å². The second-order valence-corrected chi connectivity index (χ2v) is 13.7. The summed E-state index contributed by atoms with van der Waals surface area (Å²) in [5, 5.41) is 15.5. The molecule has 12 heteroatoms. The first-order valence-corrected chi connectivity index (χ1v) is 15.5. The molecule has 5 rings (SSSR count). The molecule has 1 saturated heterocycles. The molecule has 0 radical (unpaired) electrons. The Bertz CT molecular complexity index is 1560. The molecule has 3 aromatic heterocycles. The number of aliphatic hydroxyl groups is 1. The van der Waals surface area contributed by atoms with Crippen LogP contribution < -0.4 is 15.1 Å². The Morgan fingerprint density at radius 2 is 1.98 bits per heavy atom. The zero-order chi connectivity index (χ0) is 28.8. The normalized spacial score (nSPS) is 23.6. The molecule has 3 atom stereocenters. The van der Waals surface area contributed by atoms with Crippen molar-refractivity contribution in [1.82, 2.24) is 19.9 Å². The second-order valence-electron chi connectivity index (χ2n) is 11.5. The average Bonchev–Trinajstić information content (AvgIpc) is 3.01. The van der Waals surface area contributed by atoms with Gasteiger partial charge in [-0.3, -0.25) is 4.98 Å². The van der Waals surface area contributed by atoms with Crippen LogP contribution in [-0.2, 0) is 9.84 Å². The smallest absolute Gasteiger partial charge is 0.227 e. The van der Waals surface area contributed by atoms with Gasteiger partial charge in [-0.1, -0.05) is 13.8 Å². The molecule has 0 aliphatic carbocycles. The minimum absolute atomic E-state index is 0.0139. The number of hydrogen-bond donors (Lipinski definition) is 2. The third-order valence-electron chi connectivity index (χ3n) is 7.64. The molecule has 5 heterocycles. The molecule has 2 aliphatic rings. The highest BCUT2D eigenvalue weighted by Crippen LogP contribution is 2.38. The van der Waals surface area contributed by atoms with Gasteiger partial charge in [0.25, 0.3) is 0 Å². The van der Waals surface area contributed by atoms with Gasteiger partial charge in [0.15, 0.2) is 0 Å². The van der Waals surface area contributed by atoms with Crippen molar-refractivity contribution >= 4 is 43.9 Å². The van der Waals surface area contributed by atoms with Gasteiger partial charge in [0.1, 0.15) is 27.3 Å². The average molecular weight is 570 g/mol. The highest BCUT2D eigenvalue weighted by molar-refractivity contribution is 7.90. The predicted molar refractivity (Wildman–Crippen MR) is 156 cm³/mol. The van der Waals surface area contributed by atoms with Crippen LogP contribution >= 0.6 is 0 Å². The topological polar surface area (TPSA) is 124 Å². The van der Waals surface area contributed by atoms with E-state index in [1.54, 1.807) is 24.1 Å². The Hall–Kier alpha value is -3.38. The molecule has 0 aromatic carbocycles. The highest BCUT2D eigenvalue weighted by Gasteiger charge is 2.38. The molecule has 40 heavy (non-hydrogen) atoms. The minimum Gasteiger partial charge on any atom is -0.386 e. The monoisotopic (exact) mass is 569 g/mol. The number of rotatable bonds is 7. The van der Waals surface area contributed by atoms with Crippen molar-refractivity contribution in [2.75, 3.05) is 46.8 Å². The predicted octanol–water partition coefficient (Wildman–Crippen LogP) is 3.97. The van der Waals surface area contributed by atoms with E-state index in [0.29, 0.717) is 37.1 Å². The van der Waals surface area contributed by atoms with E-state index in [4.69, 9.17) is 4.98 Å². The van der Waals surface area contributed by atoms with Crippen molar-refractivity contribution in [1.29, 1.82) is 0 Å². The summed E-state index contributed by atoms with van der Waals surface area (Å²) in [7, 11) is -3.05. The molecule has 1 fully saturated rings. The van der Waals surface area contributed by atoms with Crippen molar-refractivity contribution < 1.29 is 17.9 Å². The summed E-state index contributed by atoms with van der Waals surface area (Å²) < 4.78 is 38.0. The van der Waals surface area contributed by atoms with E-state index < -0.39 is 21.3 Å². The maximum Gasteiger partial charge on any atom is 0.227 e. The lowest BCUT2D eigenvalue weighted by Gasteiger charge is -2.48. The molecule has 2 N–H and O–H groups in total. The maximum absolute atomic E-state index is 14.4. The summed E-state index contributed by atoms with van der Waals surface area (Å²) in [6.07, 6.45) is 8.16. The number of fused-ring (bicyclic) bond motifs is 1. The summed E-state index contributed by atoms with van der Waals surface area (Å²) in [5.74, 6) is 1.44. The number of hydrogen-bond acceptors (Lipinski definition) is 10. The van der Waals surface area contributed by atoms with E-state index in [-0.39, 0.29) is 30.2 Å². The van der Waals surface area contributed by atoms with E-state index in [2.05, 4.69) is 39.0 Å². The molecule has 10 nitrogen and oxygen atoms in total. The van der Waals surface area contributed by atoms with Crippen molar-refractivity contribution in [2.45, 2.75) is 51.7 Å². The van der Waals surface area contributed by atoms with Crippen LogP contribution in [-0.4, -0.2) is 76.7 Å². The molecule has 2 aliphatic heterocycles. The molecular formula is C28H36FN7O3S. The Kier molecular flexibility index (Phi) is 7.43. The van der Waals surface area contributed by atoms with Crippen molar-refractivity contribution in [2.24, 2.45) is 5.92 Å². The van der Waals surface area contributed by atoms with Gasteiger partial charge in [-0.2, -0.15) is 4.98 Å². The fraction of sp³-hybridized carbons (Fsp3) is 0.500. The lowest BCUT2D eigenvalue weighted by atomic mass is 9.90. The first-order valence-electron chi connectivity index (χ1n) is 13.5. The van der Waals surface area contributed by atoms with Gasteiger partial charge in [-0.25, -0.2) is 22.8 Å². The van der Waals surface area contributed by atoms with Crippen molar-refractivity contribution in [3.8, 4) is 0 Å². The fourth-order valence-electron chi connectivity index (χ4n) is 5.44. The van der Waals surface area contributed by atoms with Gasteiger partial charge in [0.05, 0.1) is 35.5 Å². The Labute approximate surface area is 234 Å². The first-order chi connectivity index (χ1) is 18.8.